The van der Waals surface area contributed by atoms with Crippen LogP contribution in [0.25, 0.3) is 38.5 Å². The molecule has 0 saturated heterocycles. The Morgan fingerprint density at radius 3 is 2.22 bits per heavy atom. The number of aromatic nitrogens is 1. The van der Waals surface area contributed by atoms with Crippen LogP contribution in [0.4, 0.5) is 5.69 Å². The summed E-state index contributed by atoms with van der Waals surface area (Å²) in [6, 6.07) is 35.1. The van der Waals surface area contributed by atoms with Crippen LogP contribution in [-0.2, 0) is 7.05 Å². The van der Waals surface area contributed by atoms with E-state index in [2.05, 4.69) is 146 Å². The zero-order valence-electron chi connectivity index (χ0n) is 26.1. The maximum atomic E-state index is 2.52. The van der Waals surface area contributed by atoms with Gasteiger partial charge in [-0.05, 0) is 113 Å². The normalized spacial score (nSPS) is 19.8. The molecule has 1 unspecified atom stereocenters. The molecule has 222 valence electrons. The maximum Gasteiger partial charge on any atom is 0.262 e. The van der Waals surface area contributed by atoms with E-state index in [1.165, 1.54) is 82.7 Å². The number of aryl methyl sites for hydroxylation is 1. The third-order valence-electron chi connectivity index (χ3n) is 9.79. The summed E-state index contributed by atoms with van der Waals surface area (Å²) < 4.78 is 3.71. The quantitative estimate of drug-likeness (QED) is 0.184. The number of thioether (sulfide) groups is 1. The van der Waals surface area contributed by atoms with Crippen LogP contribution in [0.2, 0.25) is 0 Å². The molecule has 0 fully saturated rings. The lowest BCUT2D eigenvalue weighted by atomic mass is 9.74. The summed E-state index contributed by atoms with van der Waals surface area (Å²) in [6.07, 6.45) is 12.2. The van der Waals surface area contributed by atoms with Crippen molar-refractivity contribution in [2.75, 3.05) is 11.9 Å². The van der Waals surface area contributed by atoms with Crippen LogP contribution in [0.5, 0.6) is 0 Å². The van der Waals surface area contributed by atoms with Crippen molar-refractivity contribution in [3.8, 4) is 22.3 Å². The van der Waals surface area contributed by atoms with E-state index in [0.717, 1.165) is 12.8 Å². The van der Waals surface area contributed by atoms with Gasteiger partial charge in [0.1, 0.15) is 11.7 Å². The Morgan fingerprint density at radius 2 is 1.47 bits per heavy atom. The second-order valence-electron chi connectivity index (χ2n) is 12.5. The second kappa shape index (κ2) is 11.7. The van der Waals surface area contributed by atoms with E-state index in [1.807, 2.05) is 23.1 Å². The van der Waals surface area contributed by atoms with Crippen LogP contribution in [0, 0.1) is 5.92 Å². The van der Waals surface area contributed by atoms with Crippen LogP contribution >= 0.6 is 23.1 Å². The minimum absolute atomic E-state index is 0.675. The highest BCUT2D eigenvalue weighted by molar-refractivity contribution is 8.03. The van der Waals surface area contributed by atoms with Gasteiger partial charge in [-0.2, -0.15) is 4.57 Å². The molecule has 0 radical (unpaired) electrons. The zero-order chi connectivity index (χ0) is 30.5. The van der Waals surface area contributed by atoms with Gasteiger partial charge < -0.3 is 4.90 Å². The molecular formula is C41H37N2S2+. The van der Waals surface area contributed by atoms with Gasteiger partial charge in [0.25, 0.3) is 5.01 Å². The van der Waals surface area contributed by atoms with Gasteiger partial charge in [0.2, 0.25) is 5.52 Å². The van der Waals surface area contributed by atoms with Crippen molar-refractivity contribution in [2.45, 2.75) is 37.5 Å². The lowest BCUT2D eigenvalue weighted by Crippen LogP contribution is -2.29. The number of nitrogens with zero attached hydrogens (tertiary/aromatic N) is 2. The maximum absolute atomic E-state index is 2.52. The summed E-state index contributed by atoms with van der Waals surface area (Å²) >= 11 is 3.80. The zero-order valence-corrected chi connectivity index (χ0v) is 27.7. The van der Waals surface area contributed by atoms with Crippen molar-refractivity contribution in [3.63, 3.8) is 0 Å². The van der Waals surface area contributed by atoms with Gasteiger partial charge in [0.05, 0.1) is 10.7 Å². The molecule has 45 heavy (non-hydrogen) atoms. The van der Waals surface area contributed by atoms with E-state index in [-0.39, 0.29) is 0 Å². The molecule has 4 aromatic carbocycles. The van der Waals surface area contributed by atoms with Gasteiger partial charge >= 0.3 is 0 Å². The number of allylic oxidation sites excluding steroid dienone is 6. The molecule has 0 saturated carbocycles. The van der Waals surface area contributed by atoms with Crippen LogP contribution in [-0.4, -0.2) is 7.05 Å². The number of hydrogen-bond donors (Lipinski definition) is 0. The molecule has 2 nitrogen and oxygen atoms in total. The van der Waals surface area contributed by atoms with Gasteiger partial charge in [-0.25, -0.2) is 0 Å². The first-order valence-corrected chi connectivity index (χ1v) is 17.6. The second-order valence-corrected chi connectivity index (χ2v) is 14.6. The Balaban J connectivity index is 1.08. The summed E-state index contributed by atoms with van der Waals surface area (Å²) in [5.74, 6) is 0.675. The summed E-state index contributed by atoms with van der Waals surface area (Å²) in [6.45, 7) is 2.36. The largest absolute Gasteiger partial charge is 0.338 e. The molecule has 1 aromatic heterocycles. The first-order chi connectivity index (χ1) is 22.0. The number of thiazole rings is 1. The Labute approximate surface area is 274 Å². The topological polar surface area (TPSA) is 7.12 Å². The highest BCUT2D eigenvalue weighted by Gasteiger charge is 2.28. The van der Waals surface area contributed by atoms with Crippen molar-refractivity contribution < 1.29 is 4.57 Å². The minimum Gasteiger partial charge on any atom is -0.338 e. The fourth-order valence-electron chi connectivity index (χ4n) is 7.12. The monoisotopic (exact) mass is 621 g/mol. The first-order valence-electron chi connectivity index (χ1n) is 15.9. The van der Waals surface area contributed by atoms with E-state index in [4.69, 9.17) is 0 Å². The molecular weight excluding hydrogens is 585 g/mol. The van der Waals surface area contributed by atoms with E-state index in [1.54, 1.807) is 5.57 Å². The molecule has 0 bridgehead atoms. The third-order valence-corrected chi connectivity index (χ3v) is 12.1. The van der Waals surface area contributed by atoms with Crippen molar-refractivity contribution >= 4 is 45.1 Å². The summed E-state index contributed by atoms with van der Waals surface area (Å²) in [4.78, 5) is 3.70. The Kier molecular flexibility index (Phi) is 7.35. The fourth-order valence-corrected chi connectivity index (χ4v) is 9.45. The summed E-state index contributed by atoms with van der Waals surface area (Å²) in [5.41, 5.74) is 13.7. The van der Waals surface area contributed by atoms with Crippen molar-refractivity contribution in [1.29, 1.82) is 0 Å². The number of benzene rings is 4. The molecule has 0 N–H and O–H groups in total. The highest BCUT2D eigenvalue weighted by Crippen LogP contribution is 2.48. The van der Waals surface area contributed by atoms with E-state index >= 15 is 0 Å². The molecule has 8 rings (SSSR count). The van der Waals surface area contributed by atoms with E-state index in [0.29, 0.717) is 5.92 Å². The average molecular weight is 622 g/mol. The molecule has 3 aliphatic rings. The molecule has 2 aliphatic carbocycles. The first kappa shape index (κ1) is 28.4. The van der Waals surface area contributed by atoms with Gasteiger partial charge in [-0.15, -0.1) is 0 Å². The smallest absolute Gasteiger partial charge is 0.262 e. The van der Waals surface area contributed by atoms with E-state index in [9.17, 15) is 0 Å². The van der Waals surface area contributed by atoms with Crippen molar-refractivity contribution in [3.05, 3.63) is 142 Å². The molecule has 5 aromatic rings. The Hall–Kier alpha value is -4.12. The lowest BCUT2D eigenvalue weighted by molar-refractivity contribution is -0.642. The summed E-state index contributed by atoms with van der Waals surface area (Å²) in [5, 5.41) is 2.64. The van der Waals surface area contributed by atoms with Crippen LogP contribution < -0.4 is 9.47 Å². The van der Waals surface area contributed by atoms with Crippen LogP contribution in [0.1, 0.15) is 37.6 Å². The predicted molar refractivity (Wildman–Crippen MR) is 193 cm³/mol. The Morgan fingerprint density at radius 1 is 0.778 bits per heavy atom. The van der Waals surface area contributed by atoms with Crippen LogP contribution in [0.15, 0.2) is 141 Å². The van der Waals surface area contributed by atoms with Gasteiger partial charge in [0.15, 0.2) is 0 Å². The molecule has 4 heteroatoms. The molecule has 1 atom stereocenters. The number of anilines is 1. The molecule has 0 spiro atoms. The number of fused-ring (bicyclic) bond motifs is 3. The van der Waals surface area contributed by atoms with Gasteiger partial charge in [0, 0.05) is 24.1 Å². The third kappa shape index (κ3) is 5.30. The summed E-state index contributed by atoms with van der Waals surface area (Å²) in [7, 11) is 4.42. The van der Waals surface area contributed by atoms with Crippen molar-refractivity contribution in [2.24, 2.45) is 13.0 Å². The highest BCUT2D eigenvalue weighted by atomic mass is 32.2. The fraction of sp³-hybridized carbons (Fsp3) is 0.195. The molecule has 2 heterocycles. The van der Waals surface area contributed by atoms with Gasteiger partial charge in [-0.1, -0.05) is 95.9 Å². The van der Waals surface area contributed by atoms with Crippen molar-refractivity contribution in [1.82, 2.24) is 0 Å². The standard InChI is InChI=1S/C41H37N2S2/c1-27-32(26-41-43(3)37-21-19-34(25-39(37)45-41)30-12-8-5-9-13-30)17-16-31-15-14-28(22-35(27)31)23-40-42(2)36-20-18-33(24-38(36)44-40)29-10-6-4-7-11-29/h4-13,18-26,31H,14-17H2,1-3H3/q+1. The Bertz CT molecular complexity index is 2060. The SMILES string of the molecule is CC1=C2C=C(C=C3Sc4cc(-c5ccccc5)ccc4N3C)CCC2CCC1=Cc1sc2cc(-c3ccccc3)ccc2[n+]1C. The molecule has 1 aliphatic heterocycles. The van der Waals surface area contributed by atoms with Crippen LogP contribution in [0.3, 0.4) is 0 Å². The average Bonchev–Trinajstić information content (AvgIpc) is 3.57. The lowest BCUT2D eigenvalue weighted by Gasteiger charge is -2.31. The number of hydrogen-bond acceptors (Lipinski definition) is 3. The predicted octanol–water partition coefficient (Wildman–Crippen LogP) is 11.0. The molecule has 0 amide bonds. The van der Waals surface area contributed by atoms with E-state index < -0.39 is 0 Å². The van der Waals surface area contributed by atoms with Gasteiger partial charge in [-0.3, -0.25) is 0 Å². The minimum atomic E-state index is 0.675. The number of rotatable bonds is 4.